The van der Waals surface area contributed by atoms with Crippen LogP contribution in [0.3, 0.4) is 0 Å². The molecule has 0 bridgehead atoms. The number of aromatic carboxylic acids is 1. The normalized spacial score (nSPS) is 12.9. The lowest BCUT2D eigenvalue weighted by Gasteiger charge is -2.13. The van der Waals surface area contributed by atoms with Gasteiger partial charge in [-0.2, -0.15) is 5.10 Å². The topological polar surface area (TPSA) is 140 Å². The minimum absolute atomic E-state index is 0.160. The van der Waals surface area contributed by atoms with E-state index in [1.54, 1.807) is 19.2 Å². The number of carboxylic acids is 1. The van der Waals surface area contributed by atoms with Gasteiger partial charge in [0.1, 0.15) is 11.5 Å². The summed E-state index contributed by atoms with van der Waals surface area (Å²) in [4.78, 5) is 51.3. The smallest absolute Gasteiger partial charge is 0.357 e. The van der Waals surface area contributed by atoms with E-state index in [1.165, 1.54) is 23.5 Å². The second kappa shape index (κ2) is 10.1. The molecule has 0 fully saturated rings. The van der Waals surface area contributed by atoms with E-state index < -0.39 is 24.0 Å². The molecule has 0 spiro atoms. The zero-order valence-electron chi connectivity index (χ0n) is 18.6. The van der Waals surface area contributed by atoms with Crippen LogP contribution in [0.4, 0.5) is 5.00 Å². The lowest BCUT2D eigenvalue weighted by molar-refractivity contribution is -0.117. The number of hydrogen-bond acceptors (Lipinski definition) is 7. The van der Waals surface area contributed by atoms with Crippen LogP contribution in [0.25, 0.3) is 10.8 Å². The lowest BCUT2D eigenvalue weighted by atomic mass is 9.95. The summed E-state index contributed by atoms with van der Waals surface area (Å²) in [7, 11) is 1.54. The molecule has 0 atom stereocenters. The predicted octanol–water partition coefficient (Wildman–Crippen LogP) is 2.05. The van der Waals surface area contributed by atoms with Crippen LogP contribution in [0.15, 0.2) is 29.1 Å². The number of aryl methyl sites for hydroxylation is 1. The van der Waals surface area contributed by atoms with E-state index in [2.05, 4.69) is 15.7 Å². The standard InChI is InChI=1S/C23H24N4O6S/c1-33-11-10-24-20(29)18-15-8-4-5-9-16(15)34-21(18)25-17(28)12-27-22(30)14-7-3-2-6-13(14)19(26-27)23(31)32/h2-3,6-7H,4-5,8-12H2,1H3,(H,24,29)(H,25,28)(H,31,32). The largest absolute Gasteiger partial charge is 0.476 e. The molecule has 11 heteroatoms. The molecule has 0 aliphatic heterocycles. The Hall–Kier alpha value is -3.57. The van der Waals surface area contributed by atoms with Gasteiger partial charge >= 0.3 is 5.97 Å². The van der Waals surface area contributed by atoms with E-state index in [4.69, 9.17) is 4.74 Å². The second-order valence-electron chi connectivity index (χ2n) is 7.87. The molecule has 1 aromatic carbocycles. The number of methoxy groups -OCH3 is 1. The fourth-order valence-corrected chi connectivity index (χ4v) is 5.35. The molecule has 1 aliphatic carbocycles. The summed E-state index contributed by atoms with van der Waals surface area (Å²) < 4.78 is 5.83. The number of amides is 2. The van der Waals surface area contributed by atoms with Crippen molar-refractivity contribution in [3.63, 3.8) is 0 Å². The first kappa shape index (κ1) is 23.6. The summed E-state index contributed by atoms with van der Waals surface area (Å²) >= 11 is 1.36. The molecular weight excluding hydrogens is 460 g/mol. The van der Waals surface area contributed by atoms with Crippen LogP contribution in [0, 0.1) is 0 Å². The highest BCUT2D eigenvalue weighted by atomic mass is 32.1. The van der Waals surface area contributed by atoms with Gasteiger partial charge in [0.2, 0.25) is 5.91 Å². The summed E-state index contributed by atoms with van der Waals surface area (Å²) in [5.74, 6) is -2.17. The number of nitrogens with one attached hydrogen (secondary N) is 2. The first-order valence-corrected chi connectivity index (χ1v) is 11.7. The van der Waals surface area contributed by atoms with E-state index >= 15 is 0 Å². The molecule has 3 aromatic rings. The van der Waals surface area contributed by atoms with Gasteiger partial charge in [-0.1, -0.05) is 18.2 Å². The van der Waals surface area contributed by atoms with Crippen molar-refractivity contribution in [2.45, 2.75) is 32.2 Å². The molecular formula is C23H24N4O6S. The maximum atomic E-state index is 12.9. The van der Waals surface area contributed by atoms with Crippen LogP contribution < -0.4 is 16.2 Å². The van der Waals surface area contributed by atoms with Crippen LogP contribution in [0.1, 0.15) is 44.1 Å². The Morgan fingerprint density at radius 2 is 1.91 bits per heavy atom. The Kier molecular flexibility index (Phi) is 7.03. The number of aromatic nitrogens is 2. The van der Waals surface area contributed by atoms with Gasteiger partial charge in [-0.25, -0.2) is 9.48 Å². The molecule has 2 aromatic heterocycles. The Morgan fingerprint density at radius 3 is 2.65 bits per heavy atom. The van der Waals surface area contributed by atoms with Crippen molar-refractivity contribution in [3.8, 4) is 0 Å². The third-order valence-electron chi connectivity index (χ3n) is 5.61. The molecule has 0 saturated heterocycles. The fraction of sp³-hybridized carbons (Fsp3) is 0.348. The van der Waals surface area contributed by atoms with Gasteiger partial charge in [0, 0.05) is 23.9 Å². The zero-order chi connectivity index (χ0) is 24.2. The van der Waals surface area contributed by atoms with Crippen molar-refractivity contribution in [2.24, 2.45) is 0 Å². The van der Waals surface area contributed by atoms with Gasteiger partial charge in [-0.15, -0.1) is 11.3 Å². The van der Waals surface area contributed by atoms with Gasteiger partial charge in [0.05, 0.1) is 17.6 Å². The number of carboxylic acid groups (broad SMARTS) is 1. The molecule has 0 radical (unpaired) electrons. The lowest BCUT2D eigenvalue weighted by Crippen LogP contribution is -2.32. The van der Waals surface area contributed by atoms with Gasteiger partial charge in [-0.05, 0) is 37.3 Å². The summed E-state index contributed by atoms with van der Waals surface area (Å²) in [6.45, 7) is 0.210. The summed E-state index contributed by atoms with van der Waals surface area (Å²) in [6, 6.07) is 6.23. The van der Waals surface area contributed by atoms with Crippen molar-refractivity contribution in [2.75, 3.05) is 25.6 Å². The van der Waals surface area contributed by atoms with Crippen molar-refractivity contribution in [1.29, 1.82) is 0 Å². The fourth-order valence-electron chi connectivity index (χ4n) is 4.05. The van der Waals surface area contributed by atoms with E-state index in [1.807, 2.05) is 0 Å². The highest BCUT2D eigenvalue weighted by molar-refractivity contribution is 7.17. The van der Waals surface area contributed by atoms with E-state index in [-0.39, 0.29) is 22.4 Å². The second-order valence-corrected chi connectivity index (χ2v) is 8.98. The SMILES string of the molecule is COCCNC(=O)c1c(NC(=O)Cn2nc(C(=O)O)c3ccccc3c2=O)sc2c1CCCC2. The van der Waals surface area contributed by atoms with Gasteiger partial charge in [0.25, 0.3) is 11.5 Å². The number of benzene rings is 1. The molecule has 0 saturated carbocycles. The third kappa shape index (κ3) is 4.70. The van der Waals surface area contributed by atoms with Crippen LogP contribution >= 0.6 is 11.3 Å². The first-order chi connectivity index (χ1) is 16.4. The Balaban J connectivity index is 1.63. The number of nitrogens with zero attached hydrogens (tertiary/aromatic N) is 2. The van der Waals surface area contributed by atoms with Crippen molar-refractivity contribution >= 4 is 44.9 Å². The van der Waals surface area contributed by atoms with Crippen molar-refractivity contribution in [3.05, 3.63) is 56.3 Å². The summed E-state index contributed by atoms with van der Waals surface area (Å²) in [6.07, 6.45) is 3.56. The van der Waals surface area contributed by atoms with Crippen LogP contribution in [-0.4, -0.2) is 52.9 Å². The van der Waals surface area contributed by atoms with E-state index in [0.717, 1.165) is 40.8 Å². The number of fused-ring (bicyclic) bond motifs is 2. The molecule has 4 rings (SSSR count). The summed E-state index contributed by atoms with van der Waals surface area (Å²) in [5.41, 5.74) is 0.497. The Labute approximate surface area is 198 Å². The van der Waals surface area contributed by atoms with Gasteiger partial charge in [-0.3, -0.25) is 14.4 Å². The van der Waals surface area contributed by atoms with Gasteiger partial charge < -0.3 is 20.5 Å². The van der Waals surface area contributed by atoms with Crippen LogP contribution in [0.5, 0.6) is 0 Å². The number of carbonyl (C=O) groups excluding carboxylic acids is 2. The maximum absolute atomic E-state index is 12.9. The number of ether oxygens (including phenoxy) is 1. The maximum Gasteiger partial charge on any atom is 0.357 e. The van der Waals surface area contributed by atoms with Crippen LogP contribution in [-0.2, 0) is 28.9 Å². The van der Waals surface area contributed by atoms with Gasteiger partial charge in [0.15, 0.2) is 5.69 Å². The van der Waals surface area contributed by atoms with E-state index in [0.29, 0.717) is 23.7 Å². The Morgan fingerprint density at radius 1 is 1.18 bits per heavy atom. The molecule has 2 amide bonds. The molecule has 178 valence electrons. The Bertz CT molecular complexity index is 1330. The molecule has 34 heavy (non-hydrogen) atoms. The number of anilines is 1. The highest BCUT2D eigenvalue weighted by Gasteiger charge is 2.26. The minimum atomic E-state index is -1.30. The molecule has 1 aliphatic rings. The quantitative estimate of drug-likeness (QED) is 0.416. The summed E-state index contributed by atoms with van der Waals surface area (Å²) in [5, 5.41) is 19.8. The zero-order valence-corrected chi connectivity index (χ0v) is 19.4. The monoisotopic (exact) mass is 484 g/mol. The van der Waals surface area contributed by atoms with Crippen molar-refractivity contribution < 1.29 is 24.2 Å². The highest BCUT2D eigenvalue weighted by Crippen LogP contribution is 2.38. The molecule has 2 heterocycles. The number of hydrogen-bond donors (Lipinski definition) is 3. The average molecular weight is 485 g/mol. The molecule has 3 N–H and O–H groups in total. The minimum Gasteiger partial charge on any atom is -0.476 e. The molecule has 10 nitrogen and oxygen atoms in total. The van der Waals surface area contributed by atoms with E-state index in [9.17, 15) is 24.3 Å². The first-order valence-electron chi connectivity index (χ1n) is 10.9. The number of rotatable bonds is 8. The molecule has 0 unspecified atom stereocenters. The number of thiophene rings is 1. The predicted molar refractivity (Wildman–Crippen MR) is 127 cm³/mol. The third-order valence-corrected chi connectivity index (χ3v) is 6.81. The number of carbonyl (C=O) groups is 3. The average Bonchev–Trinajstić information content (AvgIpc) is 3.18. The van der Waals surface area contributed by atoms with Crippen LogP contribution in [0.2, 0.25) is 0 Å². The van der Waals surface area contributed by atoms with Crippen molar-refractivity contribution in [1.82, 2.24) is 15.1 Å².